The molecule has 0 aliphatic rings. The van der Waals surface area contributed by atoms with Gasteiger partial charge in [-0.15, -0.1) is 0 Å². The minimum atomic E-state index is -0.475. The van der Waals surface area contributed by atoms with Crippen LogP contribution in [0.15, 0.2) is 54.6 Å². The smallest absolute Gasteiger partial charge is 0.337 e. The van der Waals surface area contributed by atoms with Crippen molar-refractivity contribution in [3.8, 4) is 0 Å². The standard InChI is InChI=1S/C21H24N2O4/c1-16(24)23(13-7-10-17-8-4-3-5-9-17)15-20(25)22-19-12-6-11-18(14-19)21(26)27-2/h3-6,8-9,11-12,14H,7,10,13,15H2,1-2H3,(H,22,25). The Morgan fingerprint density at radius 3 is 2.44 bits per heavy atom. The monoisotopic (exact) mass is 368 g/mol. The predicted octanol–water partition coefficient (Wildman–Crippen LogP) is 2.89. The van der Waals surface area contributed by atoms with E-state index >= 15 is 0 Å². The fraction of sp³-hybridized carbons (Fsp3) is 0.286. The Labute approximate surface area is 159 Å². The number of aryl methyl sites for hydroxylation is 1. The summed E-state index contributed by atoms with van der Waals surface area (Å²) in [5.74, 6) is -0.939. The van der Waals surface area contributed by atoms with E-state index in [4.69, 9.17) is 0 Å². The number of amides is 2. The van der Waals surface area contributed by atoms with Crippen LogP contribution in [0.25, 0.3) is 0 Å². The third-order valence-corrected chi connectivity index (χ3v) is 4.08. The topological polar surface area (TPSA) is 75.7 Å². The first-order valence-corrected chi connectivity index (χ1v) is 8.77. The number of nitrogens with zero attached hydrogens (tertiary/aromatic N) is 1. The lowest BCUT2D eigenvalue weighted by Crippen LogP contribution is -2.37. The lowest BCUT2D eigenvalue weighted by Gasteiger charge is -2.20. The van der Waals surface area contributed by atoms with Gasteiger partial charge in [0.1, 0.15) is 0 Å². The highest BCUT2D eigenvalue weighted by Crippen LogP contribution is 2.12. The fourth-order valence-electron chi connectivity index (χ4n) is 2.68. The van der Waals surface area contributed by atoms with Crippen molar-refractivity contribution in [1.82, 2.24) is 4.90 Å². The van der Waals surface area contributed by atoms with Gasteiger partial charge >= 0.3 is 5.97 Å². The van der Waals surface area contributed by atoms with Crippen molar-refractivity contribution in [2.45, 2.75) is 19.8 Å². The number of rotatable bonds is 8. The lowest BCUT2D eigenvalue weighted by molar-refractivity contribution is -0.132. The number of nitrogens with one attached hydrogen (secondary N) is 1. The summed E-state index contributed by atoms with van der Waals surface area (Å²) in [6.07, 6.45) is 1.61. The minimum absolute atomic E-state index is 0.0351. The summed E-state index contributed by atoms with van der Waals surface area (Å²) in [7, 11) is 1.30. The van der Waals surface area contributed by atoms with Crippen molar-refractivity contribution in [3.63, 3.8) is 0 Å². The van der Waals surface area contributed by atoms with Crippen molar-refractivity contribution in [2.75, 3.05) is 25.5 Å². The highest BCUT2D eigenvalue weighted by molar-refractivity contribution is 5.96. The van der Waals surface area contributed by atoms with Gasteiger partial charge in [-0.3, -0.25) is 9.59 Å². The summed E-state index contributed by atoms with van der Waals surface area (Å²) < 4.78 is 4.67. The fourth-order valence-corrected chi connectivity index (χ4v) is 2.68. The lowest BCUT2D eigenvalue weighted by atomic mass is 10.1. The molecule has 2 amide bonds. The number of carbonyl (C=O) groups is 3. The quantitative estimate of drug-likeness (QED) is 0.727. The molecule has 6 heteroatoms. The van der Waals surface area contributed by atoms with Crippen LogP contribution in [0.3, 0.4) is 0 Å². The van der Waals surface area contributed by atoms with Crippen LogP contribution in [0.2, 0.25) is 0 Å². The Balaban J connectivity index is 1.89. The molecule has 27 heavy (non-hydrogen) atoms. The van der Waals surface area contributed by atoms with Gasteiger partial charge in [0, 0.05) is 19.2 Å². The van der Waals surface area contributed by atoms with Crippen molar-refractivity contribution in [1.29, 1.82) is 0 Å². The number of hydrogen-bond donors (Lipinski definition) is 1. The second kappa shape index (κ2) is 10.1. The van der Waals surface area contributed by atoms with Crippen molar-refractivity contribution < 1.29 is 19.1 Å². The highest BCUT2D eigenvalue weighted by atomic mass is 16.5. The Kier molecular flexibility index (Phi) is 7.55. The van der Waals surface area contributed by atoms with E-state index in [0.717, 1.165) is 12.8 Å². The minimum Gasteiger partial charge on any atom is -0.465 e. The second-order valence-electron chi connectivity index (χ2n) is 6.15. The first kappa shape index (κ1) is 20.2. The van der Waals surface area contributed by atoms with Crippen LogP contribution in [0, 0.1) is 0 Å². The Morgan fingerprint density at radius 1 is 1.04 bits per heavy atom. The molecule has 0 aliphatic carbocycles. The number of hydrogen-bond acceptors (Lipinski definition) is 4. The van der Waals surface area contributed by atoms with Gasteiger partial charge in [-0.1, -0.05) is 36.4 Å². The molecule has 0 saturated carbocycles. The molecule has 1 N–H and O–H groups in total. The molecule has 0 aromatic heterocycles. The molecule has 2 aromatic carbocycles. The average Bonchev–Trinajstić information content (AvgIpc) is 2.67. The van der Waals surface area contributed by atoms with Crippen LogP contribution < -0.4 is 5.32 Å². The zero-order chi connectivity index (χ0) is 19.6. The van der Waals surface area contributed by atoms with E-state index < -0.39 is 5.97 Å². The van der Waals surface area contributed by atoms with Crippen LogP contribution in [0.5, 0.6) is 0 Å². The van der Waals surface area contributed by atoms with E-state index in [9.17, 15) is 14.4 Å². The Morgan fingerprint density at radius 2 is 1.78 bits per heavy atom. The van der Waals surface area contributed by atoms with Crippen LogP contribution in [0.1, 0.15) is 29.3 Å². The molecule has 2 aromatic rings. The summed E-state index contributed by atoms with van der Waals surface area (Å²) in [5, 5.41) is 2.71. The van der Waals surface area contributed by atoms with E-state index in [1.165, 1.54) is 30.6 Å². The molecule has 0 radical (unpaired) electrons. The van der Waals surface area contributed by atoms with Gasteiger partial charge in [0.05, 0.1) is 19.2 Å². The molecule has 0 atom stereocenters. The summed E-state index contributed by atoms with van der Waals surface area (Å²) in [6.45, 7) is 1.92. The first-order valence-electron chi connectivity index (χ1n) is 8.77. The summed E-state index contributed by atoms with van der Waals surface area (Å²) >= 11 is 0. The Hall–Kier alpha value is -3.15. The van der Waals surface area contributed by atoms with E-state index in [0.29, 0.717) is 17.8 Å². The van der Waals surface area contributed by atoms with E-state index in [1.807, 2.05) is 30.3 Å². The zero-order valence-electron chi connectivity index (χ0n) is 15.6. The maximum atomic E-state index is 12.3. The van der Waals surface area contributed by atoms with Gasteiger partial charge in [-0.25, -0.2) is 4.79 Å². The summed E-state index contributed by atoms with van der Waals surface area (Å²) in [4.78, 5) is 37.2. The molecule has 0 bridgehead atoms. The normalized spacial score (nSPS) is 10.1. The number of methoxy groups -OCH3 is 1. The predicted molar refractivity (Wildman–Crippen MR) is 103 cm³/mol. The van der Waals surface area contributed by atoms with Gasteiger partial charge in [0.25, 0.3) is 0 Å². The second-order valence-corrected chi connectivity index (χ2v) is 6.15. The largest absolute Gasteiger partial charge is 0.465 e. The number of carbonyl (C=O) groups excluding carboxylic acids is 3. The molecule has 0 aliphatic heterocycles. The molecule has 142 valence electrons. The van der Waals surface area contributed by atoms with Crippen LogP contribution in [-0.2, 0) is 20.7 Å². The molecular weight excluding hydrogens is 344 g/mol. The van der Waals surface area contributed by atoms with E-state index in [1.54, 1.807) is 18.2 Å². The first-order chi connectivity index (χ1) is 13.0. The van der Waals surface area contributed by atoms with Crippen molar-refractivity contribution in [2.24, 2.45) is 0 Å². The van der Waals surface area contributed by atoms with Crippen molar-refractivity contribution in [3.05, 3.63) is 65.7 Å². The van der Waals surface area contributed by atoms with Gasteiger partial charge in [0.2, 0.25) is 11.8 Å². The Bertz CT molecular complexity index is 790. The molecule has 0 spiro atoms. The highest BCUT2D eigenvalue weighted by Gasteiger charge is 2.14. The third-order valence-electron chi connectivity index (χ3n) is 4.08. The van der Waals surface area contributed by atoms with Gasteiger partial charge in [-0.2, -0.15) is 0 Å². The molecule has 2 rings (SSSR count). The third kappa shape index (κ3) is 6.58. The molecule has 6 nitrogen and oxygen atoms in total. The maximum absolute atomic E-state index is 12.3. The van der Waals surface area contributed by atoms with Gasteiger partial charge < -0.3 is 15.0 Å². The summed E-state index contributed by atoms with van der Waals surface area (Å²) in [5.41, 5.74) is 2.03. The molecule has 0 heterocycles. The number of anilines is 1. The average molecular weight is 368 g/mol. The summed E-state index contributed by atoms with van der Waals surface area (Å²) in [6, 6.07) is 16.5. The molecule has 0 unspecified atom stereocenters. The number of benzene rings is 2. The van der Waals surface area contributed by atoms with E-state index in [2.05, 4.69) is 10.1 Å². The SMILES string of the molecule is COC(=O)c1cccc(NC(=O)CN(CCCc2ccccc2)C(C)=O)c1. The van der Waals surface area contributed by atoms with Crippen LogP contribution in [-0.4, -0.2) is 42.9 Å². The van der Waals surface area contributed by atoms with Crippen molar-refractivity contribution >= 4 is 23.5 Å². The van der Waals surface area contributed by atoms with E-state index in [-0.39, 0.29) is 18.4 Å². The maximum Gasteiger partial charge on any atom is 0.337 e. The number of esters is 1. The van der Waals surface area contributed by atoms with Gasteiger partial charge in [-0.05, 0) is 36.6 Å². The van der Waals surface area contributed by atoms with Gasteiger partial charge in [0.15, 0.2) is 0 Å². The molecule has 0 fully saturated rings. The molecule has 0 saturated heterocycles. The zero-order valence-corrected chi connectivity index (χ0v) is 15.6. The van der Waals surface area contributed by atoms with Crippen LogP contribution >= 0.6 is 0 Å². The molecular formula is C21H24N2O4. The van der Waals surface area contributed by atoms with Crippen LogP contribution in [0.4, 0.5) is 5.69 Å². The number of ether oxygens (including phenoxy) is 1.